The van der Waals surface area contributed by atoms with E-state index in [1.165, 1.54) is 22.0 Å². The number of aromatic amines is 1. The number of phenolic OH excluding ortho intramolecular Hbond substituents is 1. The van der Waals surface area contributed by atoms with E-state index < -0.39 is 0 Å². The Morgan fingerprint density at radius 3 is 2.66 bits per heavy atom. The SMILES string of the molecule is CC(CCc1ccc(O)cc1)NC(=O)N1CCC(c2c[nH]c3ccccc23)CC1. The molecule has 0 bridgehead atoms. The number of amides is 2. The number of benzene rings is 2. The Morgan fingerprint density at radius 2 is 1.90 bits per heavy atom. The molecule has 2 amide bonds. The quantitative estimate of drug-likeness (QED) is 0.586. The molecular formula is C24H29N3O2. The van der Waals surface area contributed by atoms with E-state index in [1.807, 2.05) is 17.0 Å². The minimum absolute atomic E-state index is 0.0422. The highest BCUT2D eigenvalue weighted by atomic mass is 16.3. The number of fused-ring (bicyclic) bond motifs is 1. The van der Waals surface area contributed by atoms with Crippen molar-refractivity contribution < 1.29 is 9.90 Å². The molecule has 152 valence electrons. The maximum Gasteiger partial charge on any atom is 0.317 e. The van der Waals surface area contributed by atoms with Crippen molar-refractivity contribution in [2.75, 3.05) is 13.1 Å². The first kappa shape index (κ1) is 19.4. The minimum Gasteiger partial charge on any atom is -0.508 e. The number of aromatic nitrogens is 1. The van der Waals surface area contributed by atoms with Crippen LogP contribution in [-0.2, 0) is 6.42 Å². The second-order valence-corrected chi connectivity index (χ2v) is 8.11. The largest absolute Gasteiger partial charge is 0.508 e. The summed E-state index contributed by atoms with van der Waals surface area (Å²) in [5.41, 5.74) is 3.73. The fraction of sp³-hybridized carbons (Fsp3) is 0.375. The zero-order valence-corrected chi connectivity index (χ0v) is 16.9. The average molecular weight is 392 g/mol. The minimum atomic E-state index is 0.0422. The average Bonchev–Trinajstić information content (AvgIpc) is 3.17. The van der Waals surface area contributed by atoms with Crippen LogP contribution in [0.4, 0.5) is 4.79 Å². The van der Waals surface area contributed by atoms with E-state index in [0.717, 1.165) is 38.8 Å². The molecule has 0 saturated carbocycles. The normalized spacial score (nSPS) is 16.1. The number of piperidine rings is 1. The van der Waals surface area contributed by atoms with E-state index in [9.17, 15) is 9.90 Å². The monoisotopic (exact) mass is 391 g/mol. The molecular weight excluding hydrogens is 362 g/mol. The number of likely N-dealkylation sites (tertiary alicyclic amines) is 1. The number of phenols is 1. The van der Waals surface area contributed by atoms with Gasteiger partial charge in [-0.25, -0.2) is 4.79 Å². The molecule has 1 aromatic heterocycles. The molecule has 0 radical (unpaired) electrons. The van der Waals surface area contributed by atoms with E-state index in [-0.39, 0.29) is 17.8 Å². The standard InChI is InChI=1S/C24H29N3O2/c1-17(6-7-18-8-10-20(28)11-9-18)26-24(29)27-14-12-19(13-15-27)22-16-25-23-5-3-2-4-21(22)23/h2-5,8-11,16-17,19,25,28H,6-7,12-15H2,1H3,(H,26,29). The molecule has 1 atom stereocenters. The Labute approximate surface area is 171 Å². The molecule has 3 aromatic rings. The van der Waals surface area contributed by atoms with Gasteiger partial charge in [0.1, 0.15) is 5.75 Å². The summed E-state index contributed by atoms with van der Waals surface area (Å²) in [6, 6.07) is 15.9. The third-order valence-electron chi connectivity index (χ3n) is 6.02. The Balaban J connectivity index is 1.26. The van der Waals surface area contributed by atoms with Crippen molar-refractivity contribution in [3.05, 3.63) is 65.9 Å². The Hall–Kier alpha value is -2.95. The molecule has 2 heterocycles. The first-order valence-corrected chi connectivity index (χ1v) is 10.5. The lowest BCUT2D eigenvalue weighted by molar-refractivity contribution is 0.178. The number of hydrogen-bond donors (Lipinski definition) is 3. The molecule has 0 aliphatic carbocycles. The first-order chi connectivity index (χ1) is 14.1. The van der Waals surface area contributed by atoms with Crippen LogP contribution in [0.25, 0.3) is 10.9 Å². The maximum atomic E-state index is 12.6. The molecule has 5 heteroatoms. The number of rotatable bonds is 5. The number of aromatic hydroxyl groups is 1. The second kappa shape index (κ2) is 8.60. The van der Waals surface area contributed by atoms with Gasteiger partial charge in [0, 0.05) is 36.2 Å². The summed E-state index contributed by atoms with van der Waals surface area (Å²) in [7, 11) is 0. The number of nitrogens with one attached hydrogen (secondary N) is 2. The summed E-state index contributed by atoms with van der Waals surface area (Å²) in [6.45, 7) is 3.64. The molecule has 4 rings (SSSR count). The number of para-hydroxylation sites is 1. The lowest BCUT2D eigenvalue weighted by Crippen LogP contribution is -2.47. The highest BCUT2D eigenvalue weighted by molar-refractivity contribution is 5.83. The van der Waals surface area contributed by atoms with Gasteiger partial charge in [0.25, 0.3) is 0 Å². The summed E-state index contributed by atoms with van der Waals surface area (Å²) >= 11 is 0. The highest BCUT2D eigenvalue weighted by Gasteiger charge is 2.25. The summed E-state index contributed by atoms with van der Waals surface area (Å²) in [6.07, 6.45) is 5.89. The number of carbonyl (C=O) groups is 1. The summed E-state index contributed by atoms with van der Waals surface area (Å²) in [4.78, 5) is 18.0. The van der Waals surface area contributed by atoms with Crippen LogP contribution in [0.2, 0.25) is 0 Å². The molecule has 29 heavy (non-hydrogen) atoms. The molecule has 1 unspecified atom stereocenters. The van der Waals surface area contributed by atoms with Gasteiger partial charge in [-0.2, -0.15) is 0 Å². The van der Waals surface area contributed by atoms with Crippen molar-refractivity contribution in [3.8, 4) is 5.75 Å². The highest BCUT2D eigenvalue weighted by Crippen LogP contribution is 2.33. The van der Waals surface area contributed by atoms with E-state index in [0.29, 0.717) is 5.92 Å². The van der Waals surface area contributed by atoms with Crippen molar-refractivity contribution >= 4 is 16.9 Å². The smallest absolute Gasteiger partial charge is 0.317 e. The van der Waals surface area contributed by atoms with Crippen LogP contribution in [0.5, 0.6) is 5.75 Å². The van der Waals surface area contributed by atoms with Gasteiger partial charge in [0.2, 0.25) is 0 Å². The third-order valence-corrected chi connectivity index (χ3v) is 6.02. The van der Waals surface area contributed by atoms with Crippen molar-refractivity contribution in [1.29, 1.82) is 0 Å². The van der Waals surface area contributed by atoms with Crippen LogP contribution in [-0.4, -0.2) is 40.2 Å². The topological polar surface area (TPSA) is 68.4 Å². The number of hydrogen-bond acceptors (Lipinski definition) is 2. The van der Waals surface area contributed by atoms with Gasteiger partial charge < -0.3 is 20.3 Å². The third kappa shape index (κ3) is 4.56. The summed E-state index contributed by atoms with van der Waals surface area (Å²) in [5.74, 6) is 0.785. The van der Waals surface area contributed by atoms with Gasteiger partial charge in [0.15, 0.2) is 0 Å². The molecule has 3 N–H and O–H groups in total. The Bertz CT molecular complexity index is 956. The number of nitrogens with zero attached hydrogens (tertiary/aromatic N) is 1. The zero-order valence-electron chi connectivity index (χ0n) is 16.9. The van der Waals surface area contributed by atoms with Gasteiger partial charge in [-0.1, -0.05) is 30.3 Å². The van der Waals surface area contributed by atoms with Crippen LogP contribution in [0, 0.1) is 0 Å². The van der Waals surface area contributed by atoms with Crippen LogP contribution < -0.4 is 5.32 Å². The first-order valence-electron chi connectivity index (χ1n) is 10.5. The van der Waals surface area contributed by atoms with E-state index in [1.54, 1.807) is 12.1 Å². The zero-order chi connectivity index (χ0) is 20.2. The van der Waals surface area contributed by atoms with Crippen LogP contribution in [0.3, 0.4) is 0 Å². The van der Waals surface area contributed by atoms with Crippen LogP contribution in [0.1, 0.15) is 43.2 Å². The molecule has 1 saturated heterocycles. The lowest BCUT2D eigenvalue weighted by Gasteiger charge is -2.33. The lowest BCUT2D eigenvalue weighted by atomic mass is 9.89. The van der Waals surface area contributed by atoms with Crippen molar-refractivity contribution in [2.45, 2.75) is 44.6 Å². The van der Waals surface area contributed by atoms with E-state index in [2.05, 4.69) is 47.7 Å². The van der Waals surface area contributed by atoms with Gasteiger partial charge in [-0.3, -0.25) is 0 Å². The Morgan fingerprint density at radius 1 is 1.17 bits per heavy atom. The van der Waals surface area contributed by atoms with Crippen molar-refractivity contribution in [3.63, 3.8) is 0 Å². The fourth-order valence-electron chi connectivity index (χ4n) is 4.25. The summed E-state index contributed by atoms with van der Waals surface area (Å²) < 4.78 is 0. The molecule has 1 aliphatic heterocycles. The number of aryl methyl sites for hydroxylation is 1. The molecule has 5 nitrogen and oxygen atoms in total. The van der Waals surface area contributed by atoms with E-state index >= 15 is 0 Å². The maximum absolute atomic E-state index is 12.6. The summed E-state index contributed by atoms with van der Waals surface area (Å²) in [5, 5.41) is 13.8. The van der Waals surface area contributed by atoms with Crippen LogP contribution in [0.15, 0.2) is 54.7 Å². The predicted molar refractivity (Wildman–Crippen MR) is 116 cm³/mol. The van der Waals surface area contributed by atoms with Gasteiger partial charge in [-0.15, -0.1) is 0 Å². The Kier molecular flexibility index (Phi) is 5.74. The van der Waals surface area contributed by atoms with Gasteiger partial charge in [-0.05, 0) is 67.9 Å². The van der Waals surface area contributed by atoms with Gasteiger partial charge in [0.05, 0.1) is 0 Å². The van der Waals surface area contributed by atoms with Crippen molar-refractivity contribution in [2.24, 2.45) is 0 Å². The predicted octanol–water partition coefficient (Wildman–Crippen LogP) is 4.78. The number of H-pyrrole nitrogens is 1. The number of urea groups is 1. The van der Waals surface area contributed by atoms with E-state index in [4.69, 9.17) is 0 Å². The van der Waals surface area contributed by atoms with Gasteiger partial charge >= 0.3 is 6.03 Å². The molecule has 1 aliphatic rings. The second-order valence-electron chi connectivity index (χ2n) is 8.11. The molecule has 2 aromatic carbocycles. The number of carbonyl (C=O) groups excluding carboxylic acids is 1. The fourth-order valence-corrected chi connectivity index (χ4v) is 4.25. The molecule has 0 spiro atoms. The molecule has 1 fully saturated rings. The van der Waals surface area contributed by atoms with Crippen LogP contribution >= 0.6 is 0 Å². The van der Waals surface area contributed by atoms with Crippen molar-refractivity contribution in [1.82, 2.24) is 15.2 Å².